The molecule has 2 N–H and O–H groups in total. The Morgan fingerprint density at radius 1 is 0.923 bits per heavy atom. The predicted molar refractivity (Wildman–Crippen MR) is 88.3 cm³/mol. The first kappa shape index (κ1) is 16.7. The molecule has 0 bridgehead atoms. The number of hydrogen-bond acceptors (Lipinski definition) is 7. The summed E-state index contributed by atoms with van der Waals surface area (Å²) in [5.41, 5.74) is 0.607. The lowest BCUT2D eigenvalue weighted by Crippen LogP contribution is -2.60. The minimum absolute atomic E-state index is 0.258. The zero-order valence-corrected chi connectivity index (χ0v) is 13.7. The average Bonchev–Trinajstić information content (AvgIpc) is 2.68. The van der Waals surface area contributed by atoms with Crippen molar-refractivity contribution in [1.82, 2.24) is 5.06 Å². The number of carbonyl (C=O) groups excluding carboxylic acids is 2. The number of hydroxylamine groups is 2. The Labute approximate surface area is 149 Å². The maximum Gasteiger partial charge on any atom is 0.357 e. The van der Waals surface area contributed by atoms with E-state index < -0.39 is 29.9 Å². The van der Waals surface area contributed by atoms with Gasteiger partial charge in [-0.05, 0) is 12.0 Å². The fourth-order valence-corrected chi connectivity index (χ4v) is 3.45. The van der Waals surface area contributed by atoms with Crippen molar-refractivity contribution in [2.75, 3.05) is 6.54 Å². The fraction of sp³-hybridized carbons (Fsp3) is 0.263. The fourth-order valence-electron chi connectivity index (χ4n) is 3.45. The highest BCUT2D eigenvalue weighted by atomic mass is 16.8. The number of nitrogens with zero attached hydrogens (tertiary/aromatic N) is 1. The van der Waals surface area contributed by atoms with E-state index in [1.54, 1.807) is 36.4 Å². The molecule has 2 aromatic carbocycles. The van der Waals surface area contributed by atoms with E-state index in [0.717, 1.165) is 5.56 Å². The van der Waals surface area contributed by atoms with Crippen molar-refractivity contribution in [3.05, 3.63) is 71.3 Å². The molecular formula is C19H17NO6. The molecule has 4 rings (SSSR count). The van der Waals surface area contributed by atoms with E-state index in [1.807, 2.05) is 18.2 Å². The summed E-state index contributed by atoms with van der Waals surface area (Å²) in [6.45, 7) is 0.258. The SMILES string of the molecule is O=C1ON2CCc3ccccc3C2(c2ccccc2)OC(=O)C(O)C1O. The molecule has 0 saturated carbocycles. The van der Waals surface area contributed by atoms with Crippen LogP contribution in [-0.4, -0.2) is 46.0 Å². The molecule has 134 valence electrons. The van der Waals surface area contributed by atoms with Gasteiger partial charge in [0.05, 0.1) is 0 Å². The number of ether oxygens (including phenoxy) is 1. The highest BCUT2D eigenvalue weighted by molar-refractivity contribution is 5.86. The van der Waals surface area contributed by atoms with Gasteiger partial charge in [-0.1, -0.05) is 59.7 Å². The maximum absolute atomic E-state index is 12.5. The van der Waals surface area contributed by atoms with Gasteiger partial charge in [-0.15, -0.1) is 0 Å². The lowest BCUT2D eigenvalue weighted by atomic mass is 9.85. The molecule has 1 fully saturated rings. The van der Waals surface area contributed by atoms with Gasteiger partial charge in [-0.2, -0.15) is 0 Å². The van der Waals surface area contributed by atoms with Crippen LogP contribution in [0.15, 0.2) is 54.6 Å². The molecule has 7 nitrogen and oxygen atoms in total. The number of hydrogen-bond donors (Lipinski definition) is 2. The largest absolute Gasteiger partial charge is 0.430 e. The van der Waals surface area contributed by atoms with Crippen LogP contribution in [0.25, 0.3) is 0 Å². The average molecular weight is 355 g/mol. The van der Waals surface area contributed by atoms with Crippen LogP contribution in [0, 0.1) is 0 Å². The van der Waals surface area contributed by atoms with E-state index in [1.165, 1.54) is 5.06 Å². The van der Waals surface area contributed by atoms with Crippen LogP contribution < -0.4 is 0 Å². The van der Waals surface area contributed by atoms with Gasteiger partial charge in [-0.3, -0.25) is 0 Å². The van der Waals surface area contributed by atoms with Crippen LogP contribution >= 0.6 is 0 Å². The first-order valence-corrected chi connectivity index (χ1v) is 8.26. The molecule has 2 aliphatic heterocycles. The van der Waals surface area contributed by atoms with Crippen molar-refractivity contribution in [1.29, 1.82) is 0 Å². The van der Waals surface area contributed by atoms with E-state index in [2.05, 4.69) is 0 Å². The number of rotatable bonds is 1. The molecular weight excluding hydrogens is 338 g/mol. The molecule has 3 atom stereocenters. The van der Waals surface area contributed by atoms with Gasteiger partial charge in [0.2, 0.25) is 5.72 Å². The Hall–Kier alpha value is -2.74. The van der Waals surface area contributed by atoms with Crippen LogP contribution in [0.1, 0.15) is 16.7 Å². The molecule has 1 saturated heterocycles. The van der Waals surface area contributed by atoms with Crippen LogP contribution in [0.4, 0.5) is 0 Å². The highest BCUT2D eigenvalue weighted by Gasteiger charge is 2.54. The number of benzene rings is 2. The van der Waals surface area contributed by atoms with E-state index in [9.17, 15) is 19.8 Å². The molecule has 0 aromatic heterocycles. The van der Waals surface area contributed by atoms with Crippen molar-refractivity contribution in [3.63, 3.8) is 0 Å². The summed E-state index contributed by atoms with van der Waals surface area (Å²) in [5.74, 6) is -2.20. The van der Waals surface area contributed by atoms with Gasteiger partial charge in [0, 0.05) is 17.7 Å². The van der Waals surface area contributed by atoms with Crippen molar-refractivity contribution in [2.45, 2.75) is 24.4 Å². The third-order valence-electron chi connectivity index (χ3n) is 4.71. The molecule has 2 heterocycles. The van der Waals surface area contributed by atoms with Gasteiger partial charge in [0.25, 0.3) is 0 Å². The van der Waals surface area contributed by atoms with Crippen molar-refractivity contribution in [2.24, 2.45) is 0 Å². The third-order valence-corrected chi connectivity index (χ3v) is 4.71. The van der Waals surface area contributed by atoms with Gasteiger partial charge in [-0.25, -0.2) is 9.59 Å². The molecule has 0 radical (unpaired) electrons. The first-order valence-electron chi connectivity index (χ1n) is 8.26. The second-order valence-electron chi connectivity index (χ2n) is 6.24. The number of esters is 1. The highest BCUT2D eigenvalue weighted by Crippen LogP contribution is 2.43. The van der Waals surface area contributed by atoms with E-state index >= 15 is 0 Å². The van der Waals surface area contributed by atoms with Crippen molar-refractivity contribution in [3.8, 4) is 0 Å². The van der Waals surface area contributed by atoms with Gasteiger partial charge in [0.1, 0.15) is 0 Å². The minimum atomic E-state index is -2.03. The van der Waals surface area contributed by atoms with Gasteiger partial charge >= 0.3 is 11.9 Å². The molecule has 0 spiro atoms. The Balaban J connectivity index is 1.97. The zero-order chi connectivity index (χ0) is 18.3. The Bertz CT molecular complexity index is 854. The standard InChI is InChI=1S/C19H17NO6/c21-15-16(22)18(24)26-20-11-10-12-6-4-5-9-14(12)19(20,25-17(15)23)13-7-2-1-3-8-13/h1-9,15-16,21-22H,10-11H2. The molecule has 0 amide bonds. The monoisotopic (exact) mass is 355 g/mol. The Morgan fingerprint density at radius 3 is 2.35 bits per heavy atom. The quantitative estimate of drug-likeness (QED) is 0.719. The second-order valence-corrected chi connectivity index (χ2v) is 6.24. The smallest absolute Gasteiger partial charge is 0.357 e. The lowest BCUT2D eigenvalue weighted by molar-refractivity contribution is -0.297. The first-order chi connectivity index (χ1) is 12.5. The normalized spacial score (nSPS) is 28.8. The van der Waals surface area contributed by atoms with E-state index in [0.29, 0.717) is 17.5 Å². The number of carbonyl (C=O) groups is 2. The molecule has 26 heavy (non-hydrogen) atoms. The number of aliphatic hydroxyl groups is 2. The molecule has 3 unspecified atom stereocenters. The summed E-state index contributed by atoms with van der Waals surface area (Å²) < 4.78 is 5.73. The van der Waals surface area contributed by atoms with E-state index in [-0.39, 0.29) is 6.54 Å². The second kappa shape index (κ2) is 6.21. The minimum Gasteiger partial charge on any atom is -0.430 e. The lowest BCUT2D eigenvalue weighted by Gasteiger charge is -2.47. The van der Waals surface area contributed by atoms with E-state index in [4.69, 9.17) is 9.57 Å². The summed E-state index contributed by atoms with van der Waals surface area (Å²) in [7, 11) is 0. The Morgan fingerprint density at radius 2 is 1.58 bits per heavy atom. The summed E-state index contributed by atoms with van der Waals surface area (Å²) in [4.78, 5) is 30.0. The molecule has 0 aliphatic carbocycles. The van der Waals surface area contributed by atoms with Gasteiger partial charge in [0.15, 0.2) is 12.2 Å². The Kier molecular flexibility index (Phi) is 3.99. The summed E-state index contributed by atoms with van der Waals surface area (Å²) >= 11 is 0. The summed E-state index contributed by atoms with van der Waals surface area (Å²) in [6.07, 6.45) is -3.47. The van der Waals surface area contributed by atoms with Crippen molar-refractivity contribution >= 4 is 11.9 Å². The summed E-state index contributed by atoms with van der Waals surface area (Å²) in [5, 5.41) is 21.1. The van der Waals surface area contributed by atoms with Crippen molar-refractivity contribution < 1.29 is 29.4 Å². The van der Waals surface area contributed by atoms with Crippen LogP contribution in [0.5, 0.6) is 0 Å². The maximum atomic E-state index is 12.5. The molecule has 7 heteroatoms. The number of fused-ring (bicyclic) bond motifs is 3. The third kappa shape index (κ3) is 2.40. The van der Waals surface area contributed by atoms with Crippen LogP contribution in [0.2, 0.25) is 0 Å². The summed E-state index contributed by atoms with van der Waals surface area (Å²) in [6, 6.07) is 16.3. The van der Waals surface area contributed by atoms with Crippen LogP contribution in [-0.2, 0) is 31.3 Å². The van der Waals surface area contributed by atoms with Crippen LogP contribution in [0.3, 0.4) is 0 Å². The molecule has 2 aromatic rings. The number of aliphatic hydroxyl groups excluding tert-OH is 2. The molecule has 2 aliphatic rings. The topological polar surface area (TPSA) is 96.3 Å². The predicted octanol–water partition coefficient (Wildman–Crippen LogP) is 0.483. The zero-order valence-electron chi connectivity index (χ0n) is 13.7. The van der Waals surface area contributed by atoms with Gasteiger partial charge < -0.3 is 19.8 Å².